The van der Waals surface area contributed by atoms with Gasteiger partial charge in [0.2, 0.25) is 0 Å². The second-order valence-corrected chi connectivity index (χ2v) is 7.46. The number of benzene rings is 1. The van der Waals surface area contributed by atoms with Gasteiger partial charge in [-0.1, -0.05) is 26.0 Å². The average molecular weight is 391 g/mol. The Kier molecular flexibility index (Phi) is 9.23. The Morgan fingerprint density at radius 1 is 1.32 bits per heavy atom. The lowest BCUT2D eigenvalue weighted by atomic mass is 10.1. The van der Waals surface area contributed by atoms with Crippen molar-refractivity contribution in [1.82, 2.24) is 15.5 Å². The maximum Gasteiger partial charge on any atom is 0.337 e. The zero-order valence-electron chi connectivity index (χ0n) is 17.5. The van der Waals surface area contributed by atoms with Crippen molar-refractivity contribution in [3.63, 3.8) is 0 Å². The summed E-state index contributed by atoms with van der Waals surface area (Å²) in [5.41, 5.74) is 1.71. The normalized spacial score (nSPS) is 18.2. The van der Waals surface area contributed by atoms with Crippen molar-refractivity contribution in [2.75, 3.05) is 53.5 Å². The maximum atomic E-state index is 11.5. The summed E-state index contributed by atoms with van der Waals surface area (Å²) < 4.78 is 10.6. The van der Waals surface area contributed by atoms with E-state index in [-0.39, 0.29) is 12.1 Å². The van der Waals surface area contributed by atoms with E-state index in [0.717, 1.165) is 57.3 Å². The molecule has 1 saturated heterocycles. The Morgan fingerprint density at radius 3 is 2.71 bits per heavy atom. The zero-order valence-corrected chi connectivity index (χ0v) is 17.5. The van der Waals surface area contributed by atoms with Crippen LogP contribution in [0.5, 0.6) is 0 Å². The number of carbonyl (C=O) groups is 1. The van der Waals surface area contributed by atoms with E-state index in [4.69, 9.17) is 9.47 Å². The van der Waals surface area contributed by atoms with Gasteiger partial charge in [-0.2, -0.15) is 0 Å². The van der Waals surface area contributed by atoms with Crippen LogP contribution in [0.15, 0.2) is 29.3 Å². The van der Waals surface area contributed by atoms with Crippen molar-refractivity contribution in [3.8, 4) is 0 Å². The number of esters is 1. The Labute approximate surface area is 168 Å². The third kappa shape index (κ3) is 7.48. The molecule has 1 fully saturated rings. The highest BCUT2D eigenvalue weighted by atomic mass is 16.5. The van der Waals surface area contributed by atoms with Crippen LogP contribution < -0.4 is 10.6 Å². The van der Waals surface area contributed by atoms with Gasteiger partial charge in [0.1, 0.15) is 0 Å². The number of hydrogen-bond donors (Lipinski definition) is 2. The van der Waals surface area contributed by atoms with Gasteiger partial charge < -0.3 is 20.1 Å². The molecule has 1 aliphatic rings. The first-order valence-corrected chi connectivity index (χ1v) is 9.97. The largest absolute Gasteiger partial charge is 0.465 e. The number of ether oxygens (including phenoxy) is 2. The van der Waals surface area contributed by atoms with Crippen LogP contribution in [0.3, 0.4) is 0 Å². The molecule has 0 aliphatic carbocycles. The van der Waals surface area contributed by atoms with E-state index in [0.29, 0.717) is 11.5 Å². The number of nitrogens with one attached hydrogen (secondary N) is 2. The fraction of sp³-hybridized carbons (Fsp3) is 0.619. The maximum absolute atomic E-state index is 11.5. The predicted octanol–water partition coefficient (Wildman–Crippen LogP) is 1.54. The third-order valence-corrected chi connectivity index (χ3v) is 4.65. The van der Waals surface area contributed by atoms with Gasteiger partial charge in [-0.25, -0.2) is 4.79 Å². The summed E-state index contributed by atoms with van der Waals surface area (Å²) in [5, 5.41) is 6.68. The van der Waals surface area contributed by atoms with Crippen molar-refractivity contribution in [2.24, 2.45) is 10.9 Å². The monoisotopic (exact) mass is 390 g/mol. The summed E-state index contributed by atoms with van der Waals surface area (Å²) in [7, 11) is 3.16. The van der Waals surface area contributed by atoms with Crippen LogP contribution in [0.2, 0.25) is 0 Å². The molecular formula is C21H34N4O3. The number of methoxy groups -OCH3 is 1. The molecule has 7 heteroatoms. The zero-order chi connectivity index (χ0) is 20.4. The minimum absolute atomic E-state index is 0.178. The second-order valence-electron chi connectivity index (χ2n) is 7.46. The lowest BCUT2D eigenvalue weighted by Gasteiger charge is -2.34. The molecule has 2 rings (SSSR count). The highest BCUT2D eigenvalue weighted by molar-refractivity contribution is 5.89. The first-order valence-electron chi connectivity index (χ1n) is 9.97. The Bertz CT molecular complexity index is 631. The van der Waals surface area contributed by atoms with E-state index >= 15 is 0 Å². The van der Waals surface area contributed by atoms with E-state index in [9.17, 15) is 4.79 Å². The Hall–Kier alpha value is -2.12. The standard InChI is InChI=1S/C21H34N4O3/c1-16(2)14-25-11-12-28-19(15-25)13-24-21(22-3)23-10-9-17-5-7-18(8-6-17)20(26)27-4/h5-8,16,19H,9-15H2,1-4H3,(H2,22,23,24). The number of rotatable bonds is 8. The molecule has 1 aromatic rings. The van der Waals surface area contributed by atoms with E-state index in [1.54, 1.807) is 19.2 Å². The van der Waals surface area contributed by atoms with Gasteiger partial charge in [0.15, 0.2) is 5.96 Å². The van der Waals surface area contributed by atoms with E-state index in [1.807, 2.05) is 12.1 Å². The van der Waals surface area contributed by atoms with Crippen LogP contribution in [0.25, 0.3) is 0 Å². The molecule has 0 aromatic heterocycles. The predicted molar refractivity (Wildman–Crippen MR) is 112 cm³/mol. The topological polar surface area (TPSA) is 75.2 Å². The van der Waals surface area contributed by atoms with Crippen LogP contribution in [-0.4, -0.2) is 76.4 Å². The van der Waals surface area contributed by atoms with Gasteiger partial charge in [-0.15, -0.1) is 0 Å². The molecule has 1 aromatic carbocycles. The highest BCUT2D eigenvalue weighted by Gasteiger charge is 2.21. The van der Waals surface area contributed by atoms with Crippen molar-refractivity contribution >= 4 is 11.9 Å². The second kappa shape index (κ2) is 11.7. The minimum Gasteiger partial charge on any atom is -0.465 e. The molecule has 0 spiro atoms. The number of carbonyl (C=O) groups excluding carboxylic acids is 1. The number of aliphatic imine (C=N–C) groups is 1. The van der Waals surface area contributed by atoms with Crippen LogP contribution >= 0.6 is 0 Å². The minimum atomic E-state index is -0.314. The Balaban J connectivity index is 1.70. The van der Waals surface area contributed by atoms with Gasteiger partial charge in [-0.3, -0.25) is 9.89 Å². The van der Waals surface area contributed by atoms with E-state index < -0.39 is 0 Å². The molecule has 0 amide bonds. The van der Waals surface area contributed by atoms with E-state index in [1.165, 1.54) is 7.11 Å². The molecule has 7 nitrogen and oxygen atoms in total. The van der Waals surface area contributed by atoms with Crippen LogP contribution in [0.4, 0.5) is 0 Å². The molecule has 1 aliphatic heterocycles. The van der Waals surface area contributed by atoms with Gasteiger partial charge in [0, 0.05) is 39.8 Å². The molecule has 0 saturated carbocycles. The quantitative estimate of drug-likeness (QED) is 0.398. The molecule has 28 heavy (non-hydrogen) atoms. The molecule has 0 bridgehead atoms. The molecule has 156 valence electrons. The fourth-order valence-corrected chi connectivity index (χ4v) is 3.27. The number of nitrogens with zero attached hydrogens (tertiary/aromatic N) is 2. The van der Waals surface area contributed by atoms with Crippen molar-refractivity contribution in [2.45, 2.75) is 26.4 Å². The summed E-state index contributed by atoms with van der Waals surface area (Å²) >= 11 is 0. The number of guanidine groups is 1. The Morgan fingerprint density at radius 2 is 2.07 bits per heavy atom. The lowest BCUT2D eigenvalue weighted by molar-refractivity contribution is -0.0284. The SMILES string of the molecule is CN=C(NCCc1ccc(C(=O)OC)cc1)NCC1CN(CC(C)C)CCO1. The van der Waals surface area contributed by atoms with Gasteiger partial charge >= 0.3 is 5.97 Å². The van der Waals surface area contributed by atoms with Crippen LogP contribution in [0.1, 0.15) is 29.8 Å². The van der Waals surface area contributed by atoms with Gasteiger partial charge in [-0.05, 0) is 30.0 Å². The highest BCUT2D eigenvalue weighted by Crippen LogP contribution is 2.08. The smallest absolute Gasteiger partial charge is 0.337 e. The molecule has 0 radical (unpaired) electrons. The van der Waals surface area contributed by atoms with Gasteiger partial charge in [0.05, 0.1) is 25.4 Å². The number of hydrogen-bond acceptors (Lipinski definition) is 5. The first-order chi connectivity index (χ1) is 13.5. The van der Waals surface area contributed by atoms with Crippen LogP contribution in [0, 0.1) is 5.92 Å². The van der Waals surface area contributed by atoms with Crippen molar-refractivity contribution < 1.29 is 14.3 Å². The molecular weight excluding hydrogens is 356 g/mol. The van der Waals surface area contributed by atoms with Crippen LogP contribution in [-0.2, 0) is 15.9 Å². The molecule has 2 N–H and O–H groups in total. The number of morpholine rings is 1. The fourth-order valence-electron chi connectivity index (χ4n) is 3.27. The lowest BCUT2D eigenvalue weighted by Crippen LogP contribution is -2.50. The summed E-state index contributed by atoms with van der Waals surface area (Å²) in [6, 6.07) is 7.47. The first kappa shape index (κ1) is 22.2. The average Bonchev–Trinajstić information content (AvgIpc) is 2.70. The molecule has 1 atom stereocenters. The summed E-state index contributed by atoms with van der Waals surface area (Å²) in [6.45, 7) is 9.85. The third-order valence-electron chi connectivity index (χ3n) is 4.65. The molecule has 1 unspecified atom stereocenters. The van der Waals surface area contributed by atoms with E-state index in [2.05, 4.69) is 34.4 Å². The van der Waals surface area contributed by atoms with Crippen molar-refractivity contribution in [1.29, 1.82) is 0 Å². The van der Waals surface area contributed by atoms with Crippen molar-refractivity contribution in [3.05, 3.63) is 35.4 Å². The summed E-state index contributed by atoms with van der Waals surface area (Å²) in [5.74, 6) is 1.13. The van der Waals surface area contributed by atoms with Gasteiger partial charge in [0.25, 0.3) is 0 Å². The molecule has 1 heterocycles. The summed E-state index contributed by atoms with van der Waals surface area (Å²) in [6.07, 6.45) is 1.02. The summed E-state index contributed by atoms with van der Waals surface area (Å²) in [4.78, 5) is 18.2.